The van der Waals surface area contributed by atoms with Gasteiger partial charge in [0.05, 0.1) is 4.90 Å². The maximum absolute atomic E-state index is 10.7. The Morgan fingerprint density at radius 1 is 1.45 bits per heavy atom. The molecular weight excluding hydrogens is 166 g/mol. The van der Waals surface area contributed by atoms with Gasteiger partial charge < -0.3 is 5.73 Å². The number of rotatable bonds is 1. The minimum absolute atomic E-state index is 0.0231. The van der Waals surface area contributed by atoms with Crippen molar-refractivity contribution >= 4 is 15.8 Å². The molecule has 0 aliphatic carbocycles. The van der Waals surface area contributed by atoms with E-state index >= 15 is 0 Å². The van der Waals surface area contributed by atoms with Crippen LogP contribution in [-0.4, -0.2) is 13.4 Å². The van der Waals surface area contributed by atoms with Gasteiger partial charge in [-0.2, -0.15) is 0 Å². The van der Waals surface area contributed by atoms with Crippen LogP contribution in [0.4, 0.5) is 5.82 Å². The molecule has 1 heterocycles. The molecule has 6 heteroatoms. The van der Waals surface area contributed by atoms with Crippen molar-refractivity contribution in [2.24, 2.45) is 5.14 Å². The van der Waals surface area contributed by atoms with Crippen molar-refractivity contribution < 1.29 is 8.42 Å². The van der Waals surface area contributed by atoms with Crippen molar-refractivity contribution in [2.45, 2.75) is 4.90 Å². The van der Waals surface area contributed by atoms with Gasteiger partial charge in [-0.3, -0.25) is 0 Å². The summed E-state index contributed by atoms with van der Waals surface area (Å²) in [6, 6.07) is 2.49. The largest absolute Gasteiger partial charge is 0.384 e. The fourth-order valence-corrected chi connectivity index (χ4v) is 1.14. The van der Waals surface area contributed by atoms with E-state index in [0.29, 0.717) is 0 Å². The number of hydrogen-bond acceptors (Lipinski definition) is 4. The van der Waals surface area contributed by atoms with Gasteiger partial charge in [-0.15, -0.1) is 0 Å². The van der Waals surface area contributed by atoms with Gasteiger partial charge in [0.15, 0.2) is 0 Å². The average molecular weight is 173 g/mol. The van der Waals surface area contributed by atoms with E-state index in [0.717, 1.165) is 0 Å². The maximum atomic E-state index is 10.7. The summed E-state index contributed by atoms with van der Waals surface area (Å²) in [5.41, 5.74) is 5.22. The van der Waals surface area contributed by atoms with E-state index in [1.54, 1.807) is 0 Å². The zero-order valence-electron chi connectivity index (χ0n) is 5.56. The number of nitrogens with two attached hydrogens (primary N) is 2. The monoisotopic (exact) mass is 173 g/mol. The Morgan fingerprint density at radius 2 is 2.09 bits per heavy atom. The van der Waals surface area contributed by atoms with Crippen molar-refractivity contribution in [1.29, 1.82) is 0 Å². The third kappa shape index (κ3) is 1.89. The lowest BCUT2D eigenvalue weighted by Crippen LogP contribution is -2.12. The molecule has 0 bridgehead atoms. The second kappa shape index (κ2) is 2.48. The fraction of sp³-hybridized carbons (Fsp3) is 0. The van der Waals surface area contributed by atoms with Gasteiger partial charge in [0, 0.05) is 12.3 Å². The Labute approximate surface area is 64.1 Å². The van der Waals surface area contributed by atoms with Crippen LogP contribution in [-0.2, 0) is 10.0 Å². The normalized spacial score (nSPS) is 11.4. The Kier molecular flexibility index (Phi) is 1.79. The molecule has 1 rings (SSSR count). The lowest BCUT2D eigenvalue weighted by atomic mass is 10.5. The van der Waals surface area contributed by atoms with Gasteiger partial charge in [0.2, 0.25) is 10.0 Å². The van der Waals surface area contributed by atoms with Gasteiger partial charge in [0.1, 0.15) is 5.82 Å². The summed E-state index contributed by atoms with van der Waals surface area (Å²) in [6.07, 6.45) is 1.29. The van der Waals surface area contributed by atoms with E-state index in [9.17, 15) is 8.42 Å². The van der Waals surface area contributed by atoms with Crippen LogP contribution in [0.5, 0.6) is 0 Å². The number of aromatic nitrogens is 1. The zero-order chi connectivity index (χ0) is 8.48. The van der Waals surface area contributed by atoms with Crippen molar-refractivity contribution in [2.75, 3.05) is 5.73 Å². The molecule has 0 unspecified atom stereocenters. The molecule has 0 aromatic carbocycles. The molecule has 4 N–H and O–H groups in total. The molecular formula is C5H7N3O2S. The van der Waals surface area contributed by atoms with Crippen molar-refractivity contribution in [3.63, 3.8) is 0 Å². The lowest BCUT2D eigenvalue weighted by Gasteiger charge is -1.96. The first kappa shape index (κ1) is 7.96. The molecule has 0 spiro atoms. The molecule has 0 fully saturated rings. The summed E-state index contributed by atoms with van der Waals surface area (Å²) in [4.78, 5) is 3.59. The van der Waals surface area contributed by atoms with Gasteiger partial charge in [-0.25, -0.2) is 18.5 Å². The van der Waals surface area contributed by atoms with Crippen molar-refractivity contribution in [1.82, 2.24) is 4.98 Å². The Bertz CT molecular complexity index is 360. The number of nitrogen functional groups attached to an aromatic ring is 1. The van der Waals surface area contributed by atoms with Crippen molar-refractivity contribution in [3.8, 4) is 0 Å². The van der Waals surface area contributed by atoms with Crippen LogP contribution in [0, 0.1) is 0 Å². The summed E-state index contributed by atoms with van der Waals surface area (Å²) in [5.74, 6) is 0.136. The predicted molar refractivity (Wildman–Crippen MR) is 40.0 cm³/mol. The van der Waals surface area contributed by atoms with Crippen LogP contribution in [0.3, 0.4) is 0 Å². The number of anilines is 1. The molecule has 0 radical (unpaired) electrons. The molecule has 1 aromatic heterocycles. The van der Waals surface area contributed by atoms with Gasteiger partial charge in [-0.05, 0) is 6.07 Å². The van der Waals surface area contributed by atoms with Crippen LogP contribution in [0.25, 0.3) is 0 Å². The van der Waals surface area contributed by atoms with Gasteiger partial charge in [0.25, 0.3) is 0 Å². The number of sulfonamides is 1. The lowest BCUT2D eigenvalue weighted by molar-refractivity contribution is 0.597. The minimum atomic E-state index is -3.65. The van der Waals surface area contributed by atoms with E-state index in [1.807, 2.05) is 0 Å². The van der Waals surface area contributed by atoms with E-state index in [2.05, 4.69) is 4.98 Å². The molecule has 0 amide bonds. The highest BCUT2D eigenvalue weighted by molar-refractivity contribution is 7.89. The molecule has 0 saturated heterocycles. The second-order valence-electron chi connectivity index (χ2n) is 1.96. The first-order valence-corrected chi connectivity index (χ1v) is 4.29. The third-order valence-corrected chi connectivity index (χ3v) is 1.99. The standard InChI is InChI=1S/C5H7N3O2S/c6-5-3-4(1-2-8-5)11(7,9)10/h1-3H,(H2,6,8)(H2,7,9,10). The molecule has 11 heavy (non-hydrogen) atoms. The number of primary sulfonamides is 1. The van der Waals surface area contributed by atoms with Crippen LogP contribution >= 0.6 is 0 Å². The molecule has 1 aromatic rings. The second-order valence-corrected chi connectivity index (χ2v) is 3.52. The number of nitrogens with zero attached hydrogens (tertiary/aromatic N) is 1. The fourth-order valence-electron chi connectivity index (χ4n) is 0.605. The molecule has 5 nitrogen and oxygen atoms in total. The maximum Gasteiger partial charge on any atom is 0.238 e. The highest BCUT2D eigenvalue weighted by Gasteiger charge is 2.06. The van der Waals surface area contributed by atoms with E-state index in [1.165, 1.54) is 18.3 Å². The van der Waals surface area contributed by atoms with Crippen LogP contribution in [0.15, 0.2) is 23.2 Å². The third-order valence-electron chi connectivity index (χ3n) is 1.08. The quantitative estimate of drug-likeness (QED) is 0.587. The van der Waals surface area contributed by atoms with E-state index in [4.69, 9.17) is 10.9 Å². The highest BCUT2D eigenvalue weighted by Crippen LogP contribution is 2.07. The number of hydrogen-bond donors (Lipinski definition) is 2. The SMILES string of the molecule is Nc1cc(S(N)(=O)=O)ccn1. The summed E-state index contributed by atoms with van der Waals surface area (Å²) < 4.78 is 21.4. The Hall–Kier alpha value is -1.14. The Morgan fingerprint density at radius 3 is 2.45 bits per heavy atom. The molecule has 60 valence electrons. The summed E-state index contributed by atoms with van der Waals surface area (Å²) in [6.45, 7) is 0. The van der Waals surface area contributed by atoms with Crippen LogP contribution in [0.1, 0.15) is 0 Å². The zero-order valence-corrected chi connectivity index (χ0v) is 6.38. The molecule has 0 saturated carbocycles. The molecule has 0 aliphatic heterocycles. The average Bonchev–Trinajstić information content (AvgIpc) is 1.86. The smallest absolute Gasteiger partial charge is 0.238 e. The topological polar surface area (TPSA) is 99.1 Å². The minimum Gasteiger partial charge on any atom is -0.384 e. The first-order valence-electron chi connectivity index (χ1n) is 2.74. The predicted octanol–water partition coefficient (Wildman–Crippen LogP) is -0.689. The first-order chi connectivity index (χ1) is 5.00. The summed E-state index contributed by atoms with van der Waals surface area (Å²) in [7, 11) is -3.65. The van der Waals surface area contributed by atoms with Crippen molar-refractivity contribution in [3.05, 3.63) is 18.3 Å². The highest BCUT2D eigenvalue weighted by atomic mass is 32.2. The molecule has 0 aliphatic rings. The number of pyridine rings is 1. The Balaban J connectivity index is 3.28. The summed E-state index contributed by atoms with van der Waals surface area (Å²) >= 11 is 0. The van der Waals surface area contributed by atoms with Crippen LogP contribution < -0.4 is 10.9 Å². The van der Waals surface area contributed by atoms with E-state index in [-0.39, 0.29) is 10.7 Å². The van der Waals surface area contributed by atoms with E-state index < -0.39 is 10.0 Å². The van der Waals surface area contributed by atoms with Crippen LogP contribution in [0.2, 0.25) is 0 Å². The molecule has 0 atom stereocenters. The van der Waals surface area contributed by atoms with Gasteiger partial charge >= 0.3 is 0 Å². The van der Waals surface area contributed by atoms with Gasteiger partial charge in [-0.1, -0.05) is 0 Å². The summed E-state index contributed by atoms with van der Waals surface area (Å²) in [5, 5.41) is 4.81.